The van der Waals surface area contributed by atoms with Crippen LogP contribution in [-0.2, 0) is 21.2 Å². The predicted molar refractivity (Wildman–Crippen MR) is 94.4 cm³/mol. The number of hydrogen-bond donors (Lipinski definition) is 1. The van der Waals surface area contributed by atoms with Crippen LogP contribution in [0.1, 0.15) is 10.4 Å². The molecule has 24 heavy (non-hydrogen) atoms. The number of benzene rings is 1. The average Bonchev–Trinajstić information content (AvgIpc) is 3.03. The first-order valence-electron chi connectivity index (χ1n) is 7.17. The molecule has 1 amide bonds. The van der Waals surface area contributed by atoms with Crippen LogP contribution in [-0.4, -0.2) is 33.7 Å². The molecule has 0 bridgehead atoms. The third kappa shape index (κ3) is 5.08. The molecule has 1 aromatic heterocycles. The van der Waals surface area contributed by atoms with Gasteiger partial charge in [0.25, 0.3) is 0 Å². The number of nitrogens with one attached hydrogen (secondary N) is 1. The van der Waals surface area contributed by atoms with Crippen molar-refractivity contribution in [2.45, 2.75) is 6.42 Å². The molecule has 0 fully saturated rings. The normalized spacial score (nSPS) is 10.8. The molecule has 0 saturated carbocycles. The topological polar surface area (TPSA) is 90.3 Å². The number of hydrogen-bond acceptors (Lipinski definition) is 5. The van der Waals surface area contributed by atoms with E-state index in [1.807, 2.05) is 23.6 Å². The Bertz CT molecular complexity index is 822. The van der Waals surface area contributed by atoms with E-state index in [9.17, 15) is 13.2 Å². The lowest BCUT2D eigenvalue weighted by atomic mass is 10.2. The molecular formula is C16H17N3O3S2. The Hall–Kier alpha value is -2.37. The molecule has 2 aromatic rings. The molecule has 0 radical (unpaired) electrons. The fourth-order valence-electron chi connectivity index (χ4n) is 2.12. The van der Waals surface area contributed by atoms with Gasteiger partial charge in [0.1, 0.15) is 0 Å². The first kappa shape index (κ1) is 18.0. The van der Waals surface area contributed by atoms with Crippen molar-refractivity contribution in [3.05, 3.63) is 52.2 Å². The first-order valence-corrected chi connectivity index (χ1v) is 9.90. The van der Waals surface area contributed by atoms with Crippen LogP contribution >= 0.6 is 11.3 Å². The molecule has 1 N–H and O–H groups in total. The van der Waals surface area contributed by atoms with Crippen molar-refractivity contribution < 1.29 is 13.2 Å². The number of rotatable bonds is 7. The Balaban J connectivity index is 1.97. The summed E-state index contributed by atoms with van der Waals surface area (Å²) in [6.45, 7) is 0.332. The maximum atomic E-state index is 12.0. The molecule has 1 aromatic carbocycles. The lowest BCUT2D eigenvalue weighted by Gasteiger charge is -2.22. The largest absolute Gasteiger partial charge is 0.354 e. The zero-order valence-corrected chi connectivity index (χ0v) is 14.7. The summed E-state index contributed by atoms with van der Waals surface area (Å²) >= 11 is 1.50. The Morgan fingerprint density at radius 3 is 2.54 bits per heavy atom. The van der Waals surface area contributed by atoms with Crippen molar-refractivity contribution in [1.29, 1.82) is 5.26 Å². The van der Waals surface area contributed by atoms with Gasteiger partial charge in [-0.05, 0) is 35.7 Å². The SMILES string of the molecule is CS(=O)(=O)N(CCNC(=O)Cc1cccs1)c1ccc(C#N)cc1. The van der Waals surface area contributed by atoms with Gasteiger partial charge in [-0.25, -0.2) is 8.42 Å². The molecule has 0 spiro atoms. The van der Waals surface area contributed by atoms with E-state index in [2.05, 4.69) is 5.32 Å². The zero-order chi connectivity index (χ0) is 17.6. The van der Waals surface area contributed by atoms with Crippen LogP contribution < -0.4 is 9.62 Å². The minimum Gasteiger partial charge on any atom is -0.354 e. The summed E-state index contributed by atoms with van der Waals surface area (Å²) in [5, 5.41) is 13.4. The Morgan fingerprint density at radius 2 is 2.00 bits per heavy atom. The second-order valence-electron chi connectivity index (χ2n) is 5.10. The van der Waals surface area contributed by atoms with Gasteiger partial charge in [-0.1, -0.05) is 6.07 Å². The lowest BCUT2D eigenvalue weighted by molar-refractivity contribution is -0.120. The van der Waals surface area contributed by atoms with Gasteiger partial charge in [-0.3, -0.25) is 9.10 Å². The van der Waals surface area contributed by atoms with Crippen LogP contribution in [0, 0.1) is 11.3 Å². The maximum Gasteiger partial charge on any atom is 0.232 e. The summed E-state index contributed by atoms with van der Waals surface area (Å²) in [6, 6.07) is 12.0. The number of carbonyl (C=O) groups excluding carboxylic acids is 1. The summed E-state index contributed by atoms with van der Waals surface area (Å²) < 4.78 is 25.1. The van der Waals surface area contributed by atoms with Crippen LogP contribution in [0.2, 0.25) is 0 Å². The highest BCUT2D eigenvalue weighted by Crippen LogP contribution is 2.17. The Morgan fingerprint density at radius 1 is 1.29 bits per heavy atom. The number of thiophene rings is 1. The maximum absolute atomic E-state index is 12.0. The van der Waals surface area contributed by atoms with Crippen molar-refractivity contribution in [3.8, 4) is 6.07 Å². The molecule has 0 aliphatic carbocycles. The van der Waals surface area contributed by atoms with Crippen molar-refractivity contribution in [2.24, 2.45) is 0 Å². The van der Waals surface area contributed by atoms with Gasteiger partial charge in [0.15, 0.2) is 0 Å². The molecule has 0 unspecified atom stereocenters. The molecule has 2 rings (SSSR count). The highest BCUT2D eigenvalue weighted by molar-refractivity contribution is 7.92. The third-order valence-corrected chi connectivity index (χ3v) is 5.31. The fraction of sp³-hybridized carbons (Fsp3) is 0.250. The number of amides is 1. The van der Waals surface area contributed by atoms with Crippen LogP contribution in [0.15, 0.2) is 41.8 Å². The van der Waals surface area contributed by atoms with E-state index >= 15 is 0 Å². The smallest absolute Gasteiger partial charge is 0.232 e. The molecular weight excluding hydrogens is 346 g/mol. The van der Waals surface area contributed by atoms with Crippen LogP contribution in [0.4, 0.5) is 5.69 Å². The van der Waals surface area contributed by atoms with E-state index in [1.165, 1.54) is 15.6 Å². The Labute approximate surface area is 145 Å². The number of carbonyl (C=O) groups is 1. The fourth-order valence-corrected chi connectivity index (χ4v) is 3.75. The third-order valence-electron chi connectivity index (χ3n) is 3.24. The number of nitrogens with zero attached hydrogens (tertiary/aromatic N) is 2. The van der Waals surface area contributed by atoms with E-state index in [-0.39, 0.29) is 25.4 Å². The molecule has 6 nitrogen and oxygen atoms in total. The molecule has 1 heterocycles. The van der Waals surface area contributed by atoms with Gasteiger partial charge in [0.05, 0.1) is 36.5 Å². The molecule has 0 atom stereocenters. The first-order chi connectivity index (χ1) is 11.4. The highest BCUT2D eigenvalue weighted by Gasteiger charge is 2.17. The Kier molecular flexibility index (Phi) is 5.95. The van der Waals surface area contributed by atoms with E-state index in [1.54, 1.807) is 24.3 Å². The van der Waals surface area contributed by atoms with E-state index in [4.69, 9.17) is 5.26 Å². The van der Waals surface area contributed by atoms with Crippen molar-refractivity contribution in [1.82, 2.24) is 5.32 Å². The van der Waals surface area contributed by atoms with Crippen LogP contribution in [0.3, 0.4) is 0 Å². The molecule has 126 valence electrons. The number of sulfonamides is 1. The summed E-state index contributed by atoms with van der Waals surface area (Å²) in [4.78, 5) is 12.8. The van der Waals surface area contributed by atoms with E-state index < -0.39 is 10.0 Å². The second kappa shape index (κ2) is 7.95. The molecule has 0 aliphatic rings. The summed E-state index contributed by atoms with van der Waals surface area (Å²) in [6.07, 6.45) is 1.39. The summed E-state index contributed by atoms with van der Waals surface area (Å²) in [5.74, 6) is -0.147. The monoisotopic (exact) mass is 363 g/mol. The van der Waals surface area contributed by atoms with Gasteiger partial charge in [-0.2, -0.15) is 5.26 Å². The molecule has 0 saturated heterocycles. The highest BCUT2D eigenvalue weighted by atomic mass is 32.2. The summed E-state index contributed by atoms with van der Waals surface area (Å²) in [7, 11) is -3.48. The van der Waals surface area contributed by atoms with Gasteiger partial charge < -0.3 is 5.32 Å². The molecule has 8 heteroatoms. The van der Waals surface area contributed by atoms with E-state index in [0.29, 0.717) is 11.3 Å². The predicted octanol–water partition coefficient (Wildman–Crippen LogP) is 1.74. The van der Waals surface area contributed by atoms with Gasteiger partial charge >= 0.3 is 0 Å². The lowest BCUT2D eigenvalue weighted by Crippen LogP contribution is -2.38. The quantitative estimate of drug-likeness (QED) is 0.811. The molecule has 0 aliphatic heterocycles. The van der Waals surface area contributed by atoms with Gasteiger partial charge in [-0.15, -0.1) is 11.3 Å². The van der Waals surface area contributed by atoms with Crippen molar-refractivity contribution >= 4 is 33.0 Å². The number of anilines is 1. The number of nitriles is 1. The van der Waals surface area contributed by atoms with Gasteiger partial charge in [0.2, 0.25) is 15.9 Å². The van der Waals surface area contributed by atoms with Crippen molar-refractivity contribution in [2.75, 3.05) is 23.7 Å². The van der Waals surface area contributed by atoms with Crippen LogP contribution in [0.25, 0.3) is 0 Å². The average molecular weight is 363 g/mol. The minimum atomic E-state index is -3.48. The standard InChI is InChI=1S/C16H17N3O3S2/c1-24(21,22)19(14-6-4-13(12-17)5-7-14)9-8-18-16(20)11-15-3-2-10-23-15/h2-7,10H,8-9,11H2,1H3,(H,18,20). The van der Waals surface area contributed by atoms with Crippen LogP contribution in [0.5, 0.6) is 0 Å². The van der Waals surface area contributed by atoms with E-state index in [0.717, 1.165) is 11.1 Å². The minimum absolute atomic E-state index is 0.126. The second-order valence-corrected chi connectivity index (χ2v) is 8.04. The summed E-state index contributed by atoms with van der Waals surface area (Å²) in [5.41, 5.74) is 0.917. The zero-order valence-electron chi connectivity index (χ0n) is 13.1. The van der Waals surface area contributed by atoms with Crippen molar-refractivity contribution in [3.63, 3.8) is 0 Å². The van der Waals surface area contributed by atoms with Gasteiger partial charge in [0, 0.05) is 11.4 Å².